The summed E-state index contributed by atoms with van der Waals surface area (Å²) in [5.74, 6) is 0. The highest BCUT2D eigenvalue weighted by atomic mass is 32.1. The molecule has 1 aliphatic rings. The van der Waals surface area contributed by atoms with Crippen molar-refractivity contribution in [2.24, 2.45) is 0 Å². The van der Waals surface area contributed by atoms with Gasteiger partial charge in [0.1, 0.15) is 11.3 Å². The van der Waals surface area contributed by atoms with Crippen LogP contribution in [0.15, 0.2) is 24.5 Å². The van der Waals surface area contributed by atoms with E-state index in [4.69, 9.17) is 0 Å². The van der Waals surface area contributed by atoms with Gasteiger partial charge >= 0.3 is 0 Å². The number of aromatic nitrogens is 4. The first-order valence-electron chi connectivity index (χ1n) is 5.44. The molecule has 0 radical (unpaired) electrons. The molecule has 0 amide bonds. The van der Waals surface area contributed by atoms with Crippen molar-refractivity contribution in [3.05, 3.63) is 30.1 Å². The van der Waals surface area contributed by atoms with Crippen molar-refractivity contribution in [2.45, 2.75) is 6.42 Å². The van der Waals surface area contributed by atoms with E-state index in [-0.39, 0.29) is 0 Å². The molecular formula is C11H9N5S. The van der Waals surface area contributed by atoms with Gasteiger partial charge in [-0.1, -0.05) is 11.3 Å². The molecule has 0 unspecified atom stereocenters. The first-order chi connectivity index (χ1) is 8.40. The monoisotopic (exact) mass is 243 g/mol. The Labute approximate surface area is 101 Å². The van der Waals surface area contributed by atoms with Crippen LogP contribution in [-0.4, -0.2) is 26.4 Å². The molecule has 3 heterocycles. The minimum absolute atomic E-state index is 0.832. The van der Waals surface area contributed by atoms with Gasteiger partial charge in [-0.3, -0.25) is 0 Å². The molecule has 3 aromatic rings. The smallest absolute Gasteiger partial charge is 0.234 e. The number of rotatable bonds is 1. The van der Waals surface area contributed by atoms with E-state index in [0.717, 1.165) is 28.5 Å². The third-order valence-corrected chi connectivity index (χ3v) is 3.91. The van der Waals surface area contributed by atoms with E-state index in [0.29, 0.717) is 0 Å². The Bertz CT molecular complexity index is 670. The van der Waals surface area contributed by atoms with E-state index >= 15 is 0 Å². The number of fused-ring (bicyclic) bond motifs is 2. The van der Waals surface area contributed by atoms with Crippen molar-refractivity contribution < 1.29 is 0 Å². The van der Waals surface area contributed by atoms with Crippen molar-refractivity contribution in [3.8, 4) is 10.6 Å². The van der Waals surface area contributed by atoms with Crippen LogP contribution in [0.3, 0.4) is 0 Å². The summed E-state index contributed by atoms with van der Waals surface area (Å²) in [5.41, 5.74) is 3.77. The van der Waals surface area contributed by atoms with Crippen molar-refractivity contribution in [2.75, 3.05) is 11.9 Å². The molecule has 17 heavy (non-hydrogen) atoms. The fraction of sp³-hybridized carbons (Fsp3) is 0.182. The Morgan fingerprint density at radius 1 is 1.35 bits per heavy atom. The van der Waals surface area contributed by atoms with Crippen LogP contribution in [0, 0.1) is 0 Å². The van der Waals surface area contributed by atoms with E-state index in [1.807, 2.05) is 0 Å². The lowest BCUT2D eigenvalue weighted by Crippen LogP contribution is -1.90. The fourth-order valence-corrected chi connectivity index (χ4v) is 2.93. The second kappa shape index (κ2) is 3.27. The zero-order valence-electron chi connectivity index (χ0n) is 8.92. The minimum Gasteiger partial charge on any atom is -0.384 e. The molecule has 0 atom stereocenters. The van der Waals surface area contributed by atoms with E-state index in [1.54, 1.807) is 22.2 Å². The molecule has 1 aliphatic heterocycles. The van der Waals surface area contributed by atoms with Gasteiger partial charge in [0.25, 0.3) is 0 Å². The molecule has 0 fully saturated rings. The van der Waals surface area contributed by atoms with Crippen LogP contribution in [0.25, 0.3) is 15.5 Å². The van der Waals surface area contributed by atoms with Gasteiger partial charge in [0, 0.05) is 17.8 Å². The maximum absolute atomic E-state index is 4.46. The zero-order valence-corrected chi connectivity index (χ0v) is 9.74. The van der Waals surface area contributed by atoms with Gasteiger partial charge in [0.2, 0.25) is 4.96 Å². The summed E-state index contributed by atoms with van der Waals surface area (Å²) < 4.78 is 1.71. The third kappa shape index (κ3) is 1.34. The largest absolute Gasteiger partial charge is 0.384 e. The Morgan fingerprint density at radius 2 is 2.35 bits per heavy atom. The van der Waals surface area contributed by atoms with Gasteiger partial charge in [0.15, 0.2) is 0 Å². The van der Waals surface area contributed by atoms with Crippen molar-refractivity contribution >= 4 is 22.0 Å². The van der Waals surface area contributed by atoms with E-state index in [9.17, 15) is 0 Å². The van der Waals surface area contributed by atoms with Crippen molar-refractivity contribution in [1.29, 1.82) is 0 Å². The lowest BCUT2D eigenvalue weighted by atomic mass is 10.1. The van der Waals surface area contributed by atoms with Crippen LogP contribution in [0.4, 0.5) is 5.69 Å². The average Bonchev–Trinajstić information content (AvgIpc) is 3.02. The maximum atomic E-state index is 4.46. The first kappa shape index (κ1) is 9.12. The molecule has 1 aromatic carbocycles. The molecule has 0 bridgehead atoms. The van der Waals surface area contributed by atoms with Gasteiger partial charge in [0.05, 0.1) is 0 Å². The number of anilines is 1. The molecule has 84 valence electrons. The molecule has 0 saturated carbocycles. The molecule has 0 aliphatic carbocycles. The number of benzene rings is 1. The predicted octanol–water partition coefficient (Wildman–Crippen LogP) is 1.82. The molecule has 1 N–H and O–H groups in total. The van der Waals surface area contributed by atoms with Crippen LogP contribution in [-0.2, 0) is 6.42 Å². The summed E-state index contributed by atoms with van der Waals surface area (Å²) >= 11 is 1.56. The van der Waals surface area contributed by atoms with Crippen molar-refractivity contribution in [3.63, 3.8) is 0 Å². The highest BCUT2D eigenvalue weighted by molar-refractivity contribution is 7.19. The van der Waals surface area contributed by atoms with Crippen molar-refractivity contribution in [1.82, 2.24) is 19.8 Å². The SMILES string of the molecule is c1cc2c(cc1-c1nn3cnnc3s1)CCN2. The van der Waals surface area contributed by atoms with E-state index < -0.39 is 0 Å². The lowest BCUT2D eigenvalue weighted by molar-refractivity contribution is 0.959. The highest BCUT2D eigenvalue weighted by Crippen LogP contribution is 2.30. The summed E-state index contributed by atoms with van der Waals surface area (Å²) in [5, 5.41) is 16.6. The predicted molar refractivity (Wildman–Crippen MR) is 66.3 cm³/mol. The second-order valence-electron chi connectivity index (χ2n) is 4.01. The third-order valence-electron chi connectivity index (χ3n) is 2.95. The molecule has 2 aromatic heterocycles. The number of nitrogens with zero attached hydrogens (tertiary/aromatic N) is 4. The quantitative estimate of drug-likeness (QED) is 0.708. The number of nitrogens with one attached hydrogen (secondary N) is 1. The van der Waals surface area contributed by atoms with Crippen LogP contribution in [0.5, 0.6) is 0 Å². The summed E-state index contributed by atoms with van der Waals surface area (Å²) in [6.07, 6.45) is 2.72. The molecule has 0 saturated heterocycles. The van der Waals surface area contributed by atoms with Gasteiger partial charge in [-0.25, -0.2) is 0 Å². The molecule has 4 rings (SSSR count). The first-order valence-corrected chi connectivity index (χ1v) is 6.26. The van der Waals surface area contributed by atoms with Gasteiger partial charge in [-0.05, 0) is 30.2 Å². The van der Waals surface area contributed by atoms with Crippen LogP contribution in [0.1, 0.15) is 5.56 Å². The average molecular weight is 243 g/mol. The Balaban J connectivity index is 1.86. The molecule has 5 nitrogen and oxygen atoms in total. The summed E-state index contributed by atoms with van der Waals surface area (Å²) in [7, 11) is 0. The Hall–Kier alpha value is -1.95. The van der Waals surface area contributed by atoms with E-state index in [1.165, 1.54) is 11.3 Å². The number of hydrogen-bond acceptors (Lipinski definition) is 5. The topological polar surface area (TPSA) is 55.1 Å². The fourth-order valence-electron chi connectivity index (χ4n) is 2.11. The Morgan fingerprint density at radius 3 is 3.29 bits per heavy atom. The Kier molecular flexibility index (Phi) is 1.75. The normalized spacial score (nSPS) is 13.9. The summed E-state index contributed by atoms with van der Waals surface area (Å²) in [4.78, 5) is 0.832. The molecule has 6 heteroatoms. The minimum atomic E-state index is 0.832. The lowest BCUT2D eigenvalue weighted by Gasteiger charge is -2.01. The standard InChI is InChI=1S/C11H9N5S/c1-2-9-7(3-4-12-9)5-8(1)10-15-16-6-13-14-11(16)17-10/h1-2,5-6,12H,3-4H2. The summed E-state index contributed by atoms with van der Waals surface area (Å²) in [6.45, 7) is 1.03. The van der Waals surface area contributed by atoms with Gasteiger partial charge in [-0.15, -0.1) is 10.2 Å². The zero-order chi connectivity index (χ0) is 11.2. The molecular weight excluding hydrogens is 234 g/mol. The van der Waals surface area contributed by atoms with Crippen LogP contribution in [0.2, 0.25) is 0 Å². The highest BCUT2D eigenvalue weighted by Gasteiger charge is 2.13. The van der Waals surface area contributed by atoms with Gasteiger partial charge in [-0.2, -0.15) is 9.61 Å². The second-order valence-corrected chi connectivity index (χ2v) is 4.97. The number of hydrogen-bond donors (Lipinski definition) is 1. The van der Waals surface area contributed by atoms with Crippen LogP contribution >= 0.6 is 11.3 Å². The summed E-state index contributed by atoms with van der Waals surface area (Å²) in [6, 6.07) is 6.43. The van der Waals surface area contributed by atoms with E-state index in [2.05, 4.69) is 38.8 Å². The molecule has 0 spiro atoms. The maximum Gasteiger partial charge on any atom is 0.234 e. The van der Waals surface area contributed by atoms with Gasteiger partial charge < -0.3 is 5.32 Å². The van der Waals surface area contributed by atoms with Crippen LogP contribution < -0.4 is 5.32 Å².